The molecule has 0 spiro atoms. The van der Waals surface area contributed by atoms with E-state index in [-0.39, 0.29) is 0 Å². The molecule has 6 N–H and O–H groups in total. The number of aliphatic hydroxyl groups is 5. The first-order chi connectivity index (χ1) is 6.45. The lowest BCUT2D eigenvalue weighted by atomic mass is 9.95. The first-order valence-electron chi connectivity index (χ1n) is 3.82. The molecule has 0 aromatic carbocycles. The molecule has 0 amide bonds. The maximum Gasteiger partial charge on any atom is 0.224 e. The van der Waals surface area contributed by atoms with Crippen molar-refractivity contribution in [3.05, 3.63) is 0 Å². The Hall–Kier alpha value is -0.320. The van der Waals surface area contributed by atoms with Crippen LogP contribution in [0.2, 0.25) is 0 Å². The van der Waals surface area contributed by atoms with E-state index in [9.17, 15) is 15.3 Å². The van der Waals surface area contributed by atoms with Crippen LogP contribution in [0, 0.1) is 0 Å². The average molecular weight is 212 g/mol. The van der Waals surface area contributed by atoms with Crippen molar-refractivity contribution < 1.29 is 40.4 Å². The zero-order chi connectivity index (χ0) is 10.9. The topological polar surface area (TPSA) is 140 Å². The molecule has 0 radical (unpaired) electrons. The third kappa shape index (κ3) is 1.74. The summed E-state index contributed by atoms with van der Waals surface area (Å²) >= 11 is 0. The molecule has 1 heterocycles. The molecule has 0 aromatic rings. The van der Waals surface area contributed by atoms with E-state index in [0.717, 1.165) is 0 Å². The molecule has 1 aliphatic rings. The smallest absolute Gasteiger partial charge is 0.224 e. The van der Waals surface area contributed by atoms with Gasteiger partial charge in [0.15, 0.2) is 6.10 Å². The van der Waals surface area contributed by atoms with Crippen molar-refractivity contribution in [3.63, 3.8) is 0 Å². The van der Waals surface area contributed by atoms with Crippen molar-refractivity contribution in [1.82, 2.24) is 0 Å². The van der Waals surface area contributed by atoms with Gasteiger partial charge in [0, 0.05) is 0 Å². The Balaban J connectivity index is 2.84. The van der Waals surface area contributed by atoms with Crippen LogP contribution in [-0.4, -0.2) is 67.8 Å². The molecule has 1 saturated heterocycles. The number of ether oxygens (including phenoxy) is 1. The minimum absolute atomic E-state index is 0.726. The molecular weight excluding hydrogens is 200 g/mol. The van der Waals surface area contributed by atoms with Gasteiger partial charge in [0.2, 0.25) is 12.1 Å². The Morgan fingerprint density at radius 2 is 1.79 bits per heavy atom. The van der Waals surface area contributed by atoms with Crippen molar-refractivity contribution >= 4 is 0 Å². The van der Waals surface area contributed by atoms with E-state index in [0.29, 0.717) is 0 Å². The summed E-state index contributed by atoms with van der Waals surface area (Å²) in [7, 11) is 0. The van der Waals surface area contributed by atoms with E-state index in [1.807, 2.05) is 0 Å². The van der Waals surface area contributed by atoms with Crippen LogP contribution in [0.25, 0.3) is 0 Å². The van der Waals surface area contributed by atoms with Gasteiger partial charge in [0.1, 0.15) is 12.2 Å². The minimum atomic E-state index is -2.92. The van der Waals surface area contributed by atoms with Crippen LogP contribution in [0.1, 0.15) is 0 Å². The first kappa shape index (κ1) is 11.8. The number of rotatable bonds is 2. The second kappa shape index (κ2) is 4.04. The fourth-order valence-electron chi connectivity index (χ4n) is 1.20. The lowest BCUT2D eigenvalue weighted by molar-refractivity contribution is -0.445. The standard InChI is InChI=1S/C6H12O8/c7-1-2-3(8)6(10,11)4(9)5(13-2)14-12/h2-5,7-12H,1H2/t2-,3+,4-,5?/m1/s1. The van der Waals surface area contributed by atoms with Gasteiger partial charge in [-0.05, 0) is 0 Å². The molecule has 8 nitrogen and oxygen atoms in total. The van der Waals surface area contributed by atoms with E-state index in [2.05, 4.69) is 9.62 Å². The zero-order valence-electron chi connectivity index (χ0n) is 7.02. The van der Waals surface area contributed by atoms with Crippen LogP contribution >= 0.6 is 0 Å². The van der Waals surface area contributed by atoms with Crippen molar-refractivity contribution in [1.29, 1.82) is 0 Å². The van der Waals surface area contributed by atoms with Gasteiger partial charge < -0.3 is 30.3 Å². The first-order valence-corrected chi connectivity index (χ1v) is 3.82. The van der Waals surface area contributed by atoms with E-state index < -0.39 is 37.0 Å². The van der Waals surface area contributed by atoms with Gasteiger partial charge >= 0.3 is 0 Å². The molecule has 8 heteroatoms. The van der Waals surface area contributed by atoms with Gasteiger partial charge in [0.05, 0.1) is 6.61 Å². The van der Waals surface area contributed by atoms with Crippen LogP contribution in [0.5, 0.6) is 0 Å². The predicted molar refractivity (Wildman–Crippen MR) is 38.6 cm³/mol. The number of hydrogen-bond acceptors (Lipinski definition) is 8. The summed E-state index contributed by atoms with van der Waals surface area (Å²) in [4.78, 5) is 3.60. The van der Waals surface area contributed by atoms with Crippen LogP contribution in [0.15, 0.2) is 0 Å². The molecule has 84 valence electrons. The Labute approximate surface area is 78.5 Å². The summed E-state index contributed by atoms with van der Waals surface area (Å²) < 4.78 is 4.60. The molecule has 1 fully saturated rings. The highest BCUT2D eigenvalue weighted by atomic mass is 17.1. The second-order valence-electron chi connectivity index (χ2n) is 3.00. The zero-order valence-corrected chi connectivity index (χ0v) is 7.02. The van der Waals surface area contributed by atoms with Crippen LogP contribution in [-0.2, 0) is 9.62 Å². The monoisotopic (exact) mass is 212 g/mol. The molecule has 0 saturated carbocycles. The van der Waals surface area contributed by atoms with Crippen molar-refractivity contribution in [2.24, 2.45) is 0 Å². The van der Waals surface area contributed by atoms with Gasteiger partial charge in [-0.15, -0.1) is 0 Å². The molecule has 0 aliphatic carbocycles. The lowest BCUT2D eigenvalue weighted by Gasteiger charge is -2.43. The predicted octanol–water partition coefficient (Wildman–Crippen LogP) is -3.40. The Kier molecular flexibility index (Phi) is 3.40. The highest BCUT2D eigenvalue weighted by Crippen LogP contribution is 2.27. The fourth-order valence-corrected chi connectivity index (χ4v) is 1.20. The maximum atomic E-state index is 9.20. The normalized spacial score (nSPS) is 42.4. The van der Waals surface area contributed by atoms with Gasteiger partial charge in [-0.1, -0.05) is 0 Å². The van der Waals surface area contributed by atoms with E-state index >= 15 is 0 Å². The molecule has 1 rings (SSSR count). The summed E-state index contributed by atoms with van der Waals surface area (Å²) in [6.07, 6.45) is -7.07. The maximum absolute atomic E-state index is 9.20. The highest BCUT2D eigenvalue weighted by molar-refractivity contribution is 4.94. The Morgan fingerprint density at radius 3 is 2.21 bits per heavy atom. The third-order valence-corrected chi connectivity index (χ3v) is 2.07. The summed E-state index contributed by atoms with van der Waals surface area (Å²) in [5.41, 5.74) is 0. The van der Waals surface area contributed by atoms with E-state index in [4.69, 9.17) is 15.5 Å². The van der Waals surface area contributed by atoms with E-state index in [1.165, 1.54) is 0 Å². The molecule has 0 bridgehead atoms. The molecule has 4 atom stereocenters. The number of aliphatic hydroxyl groups excluding tert-OH is 3. The highest BCUT2D eigenvalue weighted by Gasteiger charge is 2.55. The largest absolute Gasteiger partial charge is 0.394 e. The Bertz CT molecular complexity index is 176. The molecule has 1 unspecified atom stereocenters. The van der Waals surface area contributed by atoms with Gasteiger partial charge in [-0.2, -0.15) is 0 Å². The summed E-state index contributed by atoms with van der Waals surface area (Å²) in [6, 6.07) is 0. The summed E-state index contributed by atoms with van der Waals surface area (Å²) in [6.45, 7) is -0.726. The molecular formula is C6H12O8. The van der Waals surface area contributed by atoms with Crippen LogP contribution in [0.3, 0.4) is 0 Å². The molecule has 14 heavy (non-hydrogen) atoms. The van der Waals surface area contributed by atoms with Crippen LogP contribution in [0.4, 0.5) is 0 Å². The van der Waals surface area contributed by atoms with Gasteiger partial charge in [0.25, 0.3) is 0 Å². The van der Waals surface area contributed by atoms with Crippen LogP contribution < -0.4 is 0 Å². The SMILES string of the molecule is OC[C@H]1OC(OO)[C@@H](O)C(O)(O)[C@H]1O. The third-order valence-electron chi connectivity index (χ3n) is 2.07. The second-order valence-corrected chi connectivity index (χ2v) is 3.00. The van der Waals surface area contributed by atoms with E-state index in [1.54, 1.807) is 0 Å². The van der Waals surface area contributed by atoms with Gasteiger partial charge in [-0.25, -0.2) is 10.1 Å². The van der Waals surface area contributed by atoms with Gasteiger partial charge in [-0.3, -0.25) is 0 Å². The summed E-state index contributed by atoms with van der Waals surface area (Å²) in [5.74, 6) is -2.92. The van der Waals surface area contributed by atoms with Crippen molar-refractivity contribution in [3.8, 4) is 0 Å². The van der Waals surface area contributed by atoms with Crippen molar-refractivity contribution in [2.75, 3.05) is 6.61 Å². The average Bonchev–Trinajstić information content (AvgIpc) is 2.16. The number of hydrogen-bond donors (Lipinski definition) is 6. The summed E-state index contributed by atoms with van der Waals surface area (Å²) in [5, 5.41) is 53.6. The van der Waals surface area contributed by atoms with Crippen molar-refractivity contribution in [2.45, 2.75) is 30.4 Å². The molecule has 0 aromatic heterocycles. The molecule has 1 aliphatic heterocycles. The minimum Gasteiger partial charge on any atom is -0.394 e. The fraction of sp³-hybridized carbons (Fsp3) is 1.00. The quantitative estimate of drug-likeness (QED) is 0.158. The Morgan fingerprint density at radius 1 is 1.21 bits per heavy atom. The lowest BCUT2D eigenvalue weighted by Crippen LogP contribution is -2.67.